The Kier molecular flexibility index (Phi) is 3.03. The van der Waals surface area contributed by atoms with Crippen molar-refractivity contribution in [1.82, 2.24) is 14.8 Å². The largest absolute Gasteiger partial charge is 0.289 e. The number of hydrogen-bond acceptors (Lipinski definition) is 4. The quantitative estimate of drug-likeness (QED) is 0.803. The summed E-state index contributed by atoms with van der Waals surface area (Å²) in [6.45, 7) is 0. The molecule has 3 rings (SSSR count). The lowest BCUT2D eigenvalue weighted by atomic mass is 10.0. The van der Waals surface area contributed by atoms with Crippen LogP contribution < -0.4 is 0 Å². The molecule has 1 aliphatic heterocycles. The fourth-order valence-corrected chi connectivity index (χ4v) is 2.40. The molecule has 5 nitrogen and oxygen atoms in total. The number of nitrogens with zero attached hydrogens (tertiary/aromatic N) is 4. The number of halogens is 1. The number of fused-ring (bicyclic) bond motifs is 1. The van der Waals surface area contributed by atoms with E-state index in [4.69, 9.17) is 5.26 Å². The number of carbonyl (C=O) groups is 1. The second-order valence-electron chi connectivity index (χ2n) is 4.63. The van der Waals surface area contributed by atoms with Gasteiger partial charge in [0.05, 0.1) is 12.1 Å². The topological polar surface area (TPSA) is 71.6 Å². The first-order valence-electron chi connectivity index (χ1n) is 6.26. The zero-order valence-corrected chi connectivity index (χ0v) is 10.5. The number of ketones is 1. The first-order valence-corrected chi connectivity index (χ1v) is 6.26. The van der Waals surface area contributed by atoms with Crippen molar-refractivity contribution >= 4 is 5.78 Å². The van der Waals surface area contributed by atoms with Gasteiger partial charge in [0.15, 0.2) is 12.0 Å². The van der Waals surface area contributed by atoms with E-state index in [0.717, 1.165) is 5.56 Å². The predicted molar refractivity (Wildman–Crippen MR) is 67.6 cm³/mol. The van der Waals surface area contributed by atoms with Crippen molar-refractivity contribution in [3.8, 4) is 6.07 Å². The summed E-state index contributed by atoms with van der Waals surface area (Å²) >= 11 is 0. The van der Waals surface area contributed by atoms with Crippen LogP contribution in [0.2, 0.25) is 0 Å². The highest BCUT2D eigenvalue weighted by Crippen LogP contribution is 2.39. The van der Waals surface area contributed by atoms with Gasteiger partial charge in [0.25, 0.3) is 0 Å². The van der Waals surface area contributed by atoms with E-state index in [1.807, 2.05) is 30.3 Å². The van der Waals surface area contributed by atoms with Gasteiger partial charge in [-0.25, -0.2) is 14.1 Å². The van der Waals surface area contributed by atoms with Crippen molar-refractivity contribution < 1.29 is 9.18 Å². The highest BCUT2D eigenvalue weighted by Gasteiger charge is 2.36. The smallest absolute Gasteiger partial charge is 0.218 e. The van der Waals surface area contributed by atoms with Crippen LogP contribution in [0.15, 0.2) is 30.3 Å². The van der Waals surface area contributed by atoms with Crippen molar-refractivity contribution in [2.45, 2.75) is 25.1 Å². The number of benzene rings is 1. The van der Waals surface area contributed by atoms with Gasteiger partial charge >= 0.3 is 0 Å². The van der Waals surface area contributed by atoms with E-state index >= 15 is 0 Å². The first-order chi connectivity index (χ1) is 9.70. The van der Waals surface area contributed by atoms with Gasteiger partial charge in [-0.3, -0.25) is 4.79 Å². The van der Waals surface area contributed by atoms with Crippen molar-refractivity contribution in [2.24, 2.45) is 0 Å². The van der Waals surface area contributed by atoms with E-state index in [2.05, 4.69) is 10.1 Å². The molecule has 0 fully saturated rings. The molecule has 1 aromatic heterocycles. The van der Waals surface area contributed by atoms with Gasteiger partial charge in [0, 0.05) is 6.42 Å². The summed E-state index contributed by atoms with van der Waals surface area (Å²) in [7, 11) is 0. The van der Waals surface area contributed by atoms with Crippen LogP contribution in [0.25, 0.3) is 0 Å². The van der Waals surface area contributed by atoms with Crippen LogP contribution in [0.3, 0.4) is 0 Å². The van der Waals surface area contributed by atoms with Crippen LogP contribution in [0, 0.1) is 11.3 Å². The fourth-order valence-electron chi connectivity index (χ4n) is 2.40. The van der Waals surface area contributed by atoms with Crippen LogP contribution in [0.5, 0.6) is 0 Å². The summed E-state index contributed by atoms with van der Waals surface area (Å²) in [5.74, 6) is -0.390. The van der Waals surface area contributed by atoms with Gasteiger partial charge in [-0.15, -0.1) is 5.10 Å². The SMILES string of the molecule is N#CCC(=O)c1nc2n(n1)[C@H](c1ccccc1)C[C@@H]2F. The standard InChI is InChI=1S/C14H11FN4O/c15-10-8-11(9-4-2-1-3-5-9)19-14(10)17-13(18-19)12(20)6-7-16/h1-5,10-11H,6,8H2/t10-,11-/m0/s1. The highest BCUT2D eigenvalue weighted by atomic mass is 19.1. The molecule has 2 atom stereocenters. The molecule has 0 spiro atoms. The molecular weight excluding hydrogens is 259 g/mol. The number of rotatable bonds is 3. The molecule has 0 aliphatic carbocycles. The minimum absolute atomic E-state index is 0.0789. The number of hydrogen-bond donors (Lipinski definition) is 0. The maximum absolute atomic E-state index is 14.0. The molecule has 20 heavy (non-hydrogen) atoms. The zero-order valence-electron chi connectivity index (χ0n) is 10.5. The minimum atomic E-state index is -1.24. The lowest BCUT2D eigenvalue weighted by Crippen LogP contribution is -2.09. The average molecular weight is 270 g/mol. The molecule has 0 amide bonds. The third-order valence-electron chi connectivity index (χ3n) is 3.34. The van der Waals surface area contributed by atoms with Crippen molar-refractivity contribution in [3.05, 3.63) is 47.5 Å². The number of alkyl halides is 1. The second-order valence-corrected chi connectivity index (χ2v) is 4.63. The molecule has 6 heteroatoms. The molecule has 0 bridgehead atoms. The van der Waals surface area contributed by atoms with Crippen LogP contribution in [-0.4, -0.2) is 20.5 Å². The van der Waals surface area contributed by atoms with Gasteiger partial charge in [-0.05, 0) is 5.56 Å². The summed E-state index contributed by atoms with van der Waals surface area (Å²) in [5.41, 5.74) is 0.929. The number of carbonyl (C=O) groups excluding carboxylic acids is 1. The Bertz CT molecular complexity index is 689. The number of Topliss-reactive ketones (excluding diaryl/α,β-unsaturated/α-hetero) is 1. The van der Waals surface area contributed by atoms with E-state index in [1.54, 1.807) is 6.07 Å². The highest BCUT2D eigenvalue weighted by molar-refractivity contribution is 5.93. The van der Waals surface area contributed by atoms with E-state index in [0.29, 0.717) is 0 Å². The van der Waals surface area contributed by atoms with Crippen LogP contribution in [0.1, 0.15) is 47.1 Å². The summed E-state index contributed by atoms with van der Waals surface area (Å²) < 4.78 is 15.5. The normalized spacial score (nSPS) is 20.4. The Morgan fingerprint density at radius 2 is 2.20 bits per heavy atom. The third-order valence-corrected chi connectivity index (χ3v) is 3.34. The Morgan fingerprint density at radius 3 is 2.90 bits per heavy atom. The van der Waals surface area contributed by atoms with Crippen LogP contribution in [0.4, 0.5) is 4.39 Å². The first kappa shape index (κ1) is 12.5. The van der Waals surface area contributed by atoms with E-state index in [9.17, 15) is 9.18 Å². The molecular formula is C14H11FN4O. The maximum atomic E-state index is 14.0. The van der Waals surface area contributed by atoms with Gasteiger partial charge in [-0.1, -0.05) is 30.3 Å². The van der Waals surface area contributed by atoms with Crippen molar-refractivity contribution in [1.29, 1.82) is 5.26 Å². The number of nitriles is 1. The molecule has 0 saturated carbocycles. The molecule has 0 unspecified atom stereocenters. The van der Waals surface area contributed by atoms with Gasteiger partial charge in [0.2, 0.25) is 11.6 Å². The molecule has 1 aliphatic rings. The lowest BCUT2D eigenvalue weighted by molar-refractivity contribution is 0.0987. The molecule has 0 saturated heterocycles. The molecule has 0 radical (unpaired) electrons. The average Bonchev–Trinajstić information content (AvgIpc) is 3.01. The summed E-state index contributed by atoms with van der Waals surface area (Å²) in [4.78, 5) is 15.6. The van der Waals surface area contributed by atoms with Gasteiger partial charge < -0.3 is 0 Å². The Morgan fingerprint density at radius 1 is 1.45 bits per heavy atom. The molecule has 100 valence electrons. The predicted octanol–water partition coefficient (Wildman–Crippen LogP) is 2.38. The van der Waals surface area contributed by atoms with Crippen molar-refractivity contribution in [3.63, 3.8) is 0 Å². The van der Waals surface area contributed by atoms with E-state index < -0.39 is 12.0 Å². The molecule has 2 aromatic rings. The minimum Gasteiger partial charge on any atom is -0.289 e. The third kappa shape index (κ3) is 1.97. The molecule has 1 aromatic carbocycles. The van der Waals surface area contributed by atoms with Crippen LogP contribution in [-0.2, 0) is 0 Å². The van der Waals surface area contributed by atoms with Gasteiger partial charge in [-0.2, -0.15) is 5.26 Å². The summed E-state index contributed by atoms with van der Waals surface area (Å²) in [5, 5.41) is 12.6. The van der Waals surface area contributed by atoms with Crippen molar-refractivity contribution in [2.75, 3.05) is 0 Å². The summed E-state index contributed by atoms with van der Waals surface area (Å²) in [6.07, 6.45) is -1.26. The number of aromatic nitrogens is 3. The maximum Gasteiger partial charge on any atom is 0.218 e. The van der Waals surface area contributed by atoms with Gasteiger partial charge in [0.1, 0.15) is 6.42 Å². The molecule has 2 heterocycles. The zero-order chi connectivity index (χ0) is 14.1. The Hall–Kier alpha value is -2.55. The lowest BCUT2D eigenvalue weighted by Gasteiger charge is -2.11. The Balaban J connectivity index is 1.98. The molecule has 0 N–H and O–H groups in total. The summed E-state index contributed by atoms with van der Waals surface area (Å²) in [6, 6.07) is 10.9. The second kappa shape index (κ2) is 4.85. The van der Waals surface area contributed by atoms with E-state index in [1.165, 1.54) is 4.68 Å². The van der Waals surface area contributed by atoms with E-state index in [-0.39, 0.29) is 30.5 Å². The van der Waals surface area contributed by atoms with Crippen LogP contribution >= 0.6 is 0 Å². The Labute approximate surface area is 114 Å². The monoisotopic (exact) mass is 270 g/mol. The fraction of sp³-hybridized carbons (Fsp3) is 0.286.